The maximum Gasteiger partial charge on any atom is 0.316 e. The van der Waals surface area contributed by atoms with Crippen molar-refractivity contribution < 1.29 is 27.5 Å². The van der Waals surface area contributed by atoms with Crippen LogP contribution in [0.25, 0.3) is 0 Å². The first kappa shape index (κ1) is 18.9. The van der Waals surface area contributed by atoms with E-state index >= 15 is 0 Å². The molecule has 0 spiro atoms. The van der Waals surface area contributed by atoms with E-state index in [1.165, 1.54) is 18.2 Å². The quantitative estimate of drug-likeness (QED) is 0.602. The number of esters is 1. The van der Waals surface area contributed by atoms with Crippen LogP contribution in [0.2, 0.25) is 0 Å². The molecule has 0 fully saturated rings. The van der Waals surface area contributed by atoms with Crippen LogP contribution < -0.4 is 5.32 Å². The number of ether oxygens (including phenoxy) is 1. The molecule has 0 unspecified atom stereocenters. The number of amides is 1. The summed E-state index contributed by atoms with van der Waals surface area (Å²) in [6.45, 7) is -0.578. The predicted molar refractivity (Wildman–Crippen MR) is 86.3 cm³/mol. The molecule has 4 nitrogen and oxygen atoms in total. The first-order chi connectivity index (χ1) is 12.0. The van der Waals surface area contributed by atoms with Crippen LogP contribution in [0.1, 0.15) is 5.56 Å². The van der Waals surface area contributed by atoms with Crippen molar-refractivity contribution in [3.8, 4) is 0 Å². The number of halogens is 3. The number of carbonyl (C=O) groups is 2. The van der Waals surface area contributed by atoms with E-state index in [-0.39, 0.29) is 17.2 Å². The Balaban J connectivity index is 1.71. The molecule has 0 aliphatic rings. The molecule has 2 aromatic rings. The number of hydrogen-bond acceptors (Lipinski definition) is 4. The minimum atomic E-state index is -0.755. The van der Waals surface area contributed by atoms with E-state index in [9.17, 15) is 22.8 Å². The summed E-state index contributed by atoms with van der Waals surface area (Å²) < 4.78 is 44.5. The molecule has 1 N–H and O–H groups in total. The number of carbonyl (C=O) groups excluding carboxylic acids is 2. The zero-order chi connectivity index (χ0) is 18.2. The van der Waals surface area contributed by atoms with Crippen LogP contribution in [0.5, 0.6) is 0 Å². The van der Waals surface area contributed by atoms with Crippen molar-refractivity contribution >= 4 is 23.6 Å². The van der Waals surface area contributed by atoms with Crippen LogP contribution in [0.15, 0.2) is 47.4 Å². The number of rotatable bonds is 7. The van der Waals surface area contributed by atoms with Crippen molar-refractivity contribution in [3.63, 3.8) is 0 Å². The standard InChI is InChI=1S/C17H14F3NO3S/c18-12-5-6-14(20)15(7-12)25-10-17(23)24-9-16(22)21-8-11-3-1-2-4-13(11)19/h1-7H,8-10H2,(H,21,22). The molecule has 2 rings (SSSR count). The molecule has 0 saturated carbocycles. The van der Waals surface area contributed by atoms with Gasteiger partial charge in [-0.05, 0) is 24.3 Å². The second kappa shape index (κ2) is 9.12. The highest BCUT2D eigenvalue weighted by Gasteiger charge is 2.11. The predicted octanol–water partition coefficient (Wildman–Crippen LogP) is 3.06. The van der Waals surface area contributed by atoms with Crippen LogP contribution in [0, 0.1) is 17.5 Å². The van der Waals surface area contributed by atoms with Gasteiger partial charge in [-0.25, -0.2) is 13.2 Å². The SMILES string of the molecule is O=C(COC(=O)CSc1cc(F)ccc1F)NCc1ccccc1F. The van der Waals surface area contributed by atoms with Gasteiger partial charge in [-0.15, -0.1) is 11.8 Å². The Hall–Kier alpha value is -2.48. The summed E-state index contributed by atoms with van der Waals surface area (Å²) in [5.74, 6) is -3.35. The maximum absolute atomic E-state index is 13.4. The van der Waals surface area contributed by atoms with Crippen LogP contribution in [-0.2, 0) is 20.9 Å². The molecule has 8 heteroatoms. The minimum absolute atomic E-state index is 0.0269. The van der Waals surface area contributed by atoms with E-state index in [1.807, 2.05) is 0 Å². The molecule has 25 heavy (non-hydrogen) atoms. The fraction of sp³-hybridized carbons (Fsp3) is 0.176. The lowest BCUT2D eigenvalue weighted by Gasteiger charge is -2.07. The average molecular weight is 369 g/mol. The summed E-state index contributed by atoms with van der Waals surface area (Å²) >= 11 is 0.762. The van der Waals surface area contributed by atoms with E-state index in [4.69, 9.17) is 4.74 Å². The van der Waals surface area contributed by atoms with Gasteiger partial charge < -0.3 is 10.1 Å². The van der Waals surface area contributed by atoms with Gasteiger partial charge in [-0.1, -0.05) is 18.2 Å². The first-order valence-corrected chi connectivity index (χ1v) is 8.18. The topological polar surface area (TPSA) is 55.4 Å². The molecule has 0 saturated heterocycles. The normalized spacial score (nSPS) is 10.4. The Labute approximate surface area is 146 Å². The molecule has 0 aliphatic carbocycles. The molecule has 132 valence electrons. The highest BCUT2D eigenvalue weighted by molar-refractivity contribution is 8.00. The van der Waals surface area contributed by atoms with E-state index in [0.717, 1.165) is 30.0 Å². The largest absolute Gasteiger partial charge is 0.455 e. The van der Waals surface area contributed by atoms with Crippen molar-refractivity contribution in [1.29, 1.82) is 0 Å². The molecular weight excluding hydrogens is 355 g/mol. The molecule has 0 atom stereocenters. The molecule has 0 radical (unpaired) electrons. The summed E-state index contributed by atoms with van der Waals surface area (Å²) in [5, 5.41) is 2.41. The Bertz CT molecular complexity index is 771. The molecule has 0 aromatic heterocycles. The van der Waals surface area contributed by atoms with E-state index in [0.29, 0.717) is 5.56 Å². The van der Waals surface area contributed by atoms with Gasteiger partial charge >= 0.3 is 5.97 Å². The Kier molecular flexibility index (Phi) is 6.88. The van der Waals surface area contributed by atoms with Gasteiger partial charge in [0.1, 0.15) is 17.5 Å². The molecule has 2 aromatic carbocycles. The van der Waals surface area contributed by atoms with Crippen molar-refractivity contribution in [2.75, 3.05) is 12.4 Å². The summed E-state index contributed by atoms with van der Waals surface area (Å²) in [6, 6.07) is 8.84. The third-order valence-electron chi connectivity index (χ3n) is 3.04. The van der Waals surface area contributed by atoms with Crippen LogP contribution >= 0.6 is 11.8 Å². The summed E-state index contributed by atoms with van der Waals surface area (Å²) in [7, 11) is 0. The smallest absolute Gasteiger partial charge is 0.316 e. The lowest BCUT2D eigenvalue weighted by atomic mass is 10.2. The average Bonchev–Trinajstić information content (AvgIpc) is 2.60. The molecule has 0 aliphatic heterocycles. The van der Waals surface area contributed by atoms with Gasteiger partial charge in [-0.3, -0.25) is 9.59 Å². The maximum atomic E-state index is 13.4. The third-order valence-corrected chi connectivity index (χ3v) is 4.04. The van der Waals surface area contributed by atoms with E-state index < -0.39 is 35.9 Å². The second-order valence-electron chi connectivity index (χ2n) is 4.89. The zero-order valence-electron chi connectivity index (χ0n) is 12.9. The minimum Gasteiger partial charge on any atom is -0.455 e. The number of benzene rings is 2. The summed E-state index contributed by atoms with van der Waals surface area (Å²) in [6.07, 6.45) is 0. The van der Waals surface area contributed by atoms with Gasteiger partial charge in [-0.2, -0.15) is 0 Å². The summed E-state index contributed by atoms with van der Waals surface area (Å²) in [5.41, 5.74) is 0.305. The molecule has 1 amide bonds. The molecule has 0 heterocycles. The monoisotopic (exact) mass is 369 g/mol. The molecule has 0 bridgehead atoms. The van der Waals surface area contributed by atoms with Gasteiger partial charge in [0.05, 0.1) is 5.75 Å². The lowest BCUT2D eigenvalue weighted by molar-refractivity contribution is -0.145. The van der Waals surface area contributed by atoms with Gasteiger partial charge in [0.25, 0.3) is 5.91 Å². The molecular formula is C17H14F3NO3S. The number of nitrogens with one attached hydrogen (secondary N) is 1. The van der Waals surface area contributed by atoms with Crippen LogP contribution in [-0.4, -0.2) is 24.2 Å². The highest BCUT2D eigenvalue weighted by Crippen LogP contribution is 2.22. The lowest BCUT2D eigenvalue weighted by Crippen LogP contribution is -2.29. The van der Waals surface area contributed by atoms with E-state index in [1.54, 1.807) is 6.07 Å². The summed E-state index contributed by atoms with van der Waals surface area (Å²) in [4.78, 5) is 23.1. The second-order valence-corrected chi connectivity index (χ2v) is 5.91. The third kappa shape index (κ3) is 6.15. The Morgan fingerprint density at radius 3 is 2.56 bits per heavy atom. The van der Waals surface area contributed by atoms with Gasteiger partial charge in [0.2, 0.25) is 0 Å². The number of hydrogen-bond donors (Lipinski definition) is 1. The van der Waals surface area contributed by atoms with Crippen molar-refractivity contribution in [3.05, 3.63) is 65.5 Å². The van der Waals surface area contributed by atoms with Crippen LogP contribution in [0.3, 0.4) is 0 Å². The fourth-order valence-electron chi connectivity index (χ4n) is 1.80. The Morgan fingerprint density at radius 2 is 1.80 bits per heavy atom. The fourth-order valence-corrected chi connectivity index (χ4v) is 2.56. The van der Waals surface area contributed by atoms with E-state index in [2.05, 4.69) is 5.32 Å². The van der Waals surface area contributed by atoms with Crippen molar-refractivity contribution in [2.45, 2.75) is 11.4 Å². The first-order valence-electron chi connectivity index (χ1n) is 7.19. The highest BCUT2D eigenvalue weighted by atomic mass is 32.2. The Morgan fingerprint density at radius 1 is 1.04 bits per heavy atom. The van der Waals surface area contributed by atoms with Gasteiger partial charge in [0.15, 0.2) is 6.61 Å². The van der Waals surface area contributed by atoms with Crippen molar-refractivity contribution in [2.24, 2.45) is 0 Å². The van der Waals surface area contributed by atoms with Gasteiger partial charge in [0, 0.05) is 17.0 Å². The van der Waals surface area contributed by atoms with Crippen molar-refractivity contribution in [1.82, 2.24) is 5.32 Å². The zero-order valence-corrected chi connectivity index (χ0v) is 13.7. The van der Waals surface area contributed by atoms with Crippen LogP contribution in [0.4, 0.5) is 13.2 Å². The number of thioether (sulfide) groups is 1.